The van der Waals surface area contributed by atoms with Crippen LogP contribution in [0.2, 0.25) is 5.02 Å². The molecule has 0 aromatic heterocycles. The van der Waals surface area contributed by atoms with E-state index in [0.717, 1.165) is 59.6 Å². The van der Waals surface area contributed by atoms with Gasteiger partial charge in [0.1, 0.15) is 5.75 Å². The number of piperazine rings is 1. The molecule has 3 aromatic carbocycles. The maximum atomic E-state index is 10.2. The van der Waals surface area contributed by atoms with Crippen molar-refractivity contribution in [2.75, 3.05) is 26.2 Å². The summed E-state index contributed by atoms with van der Waals surface area (Å²) in [6.45, 7) is 4.44. The number of hydrogen-bond acceptors (Lipinski definition) is 4. The van der Waals surface area contributed by atoms with E-state index < -0.39 is 0 Å². The number of halogens is 2. The lowest BCUT2D eigenvalue weighted by atomic mass is 10.0. The van der Waals surface area contributed by atoms with Crippen LogP contribution in [0, 0.1) is 0 Å². The Morgan fingerprint density at radius 2 is 1.64 bits per heavy atom. The molecule has 1 aliphatic heterocycles. The minimum Gasteiger partial charge on any atom is -0.507 e. The summed E-state index contributed by atoms with van der Waals surface area (Å²) in [6, 6.07) is 19.7. The number of nitrogens with zero attached hydrogens (tertiary/aromatic N) is 3. The van der Waals surface area contributed by atoms with E-state index in [1.165, 1.54) is 0 Å². The maximum Gasteiger partial charge on any atom is 0.125 e. The Morgan fingerprint density at radius 1 is 0.929 bits per heavy atom. The first-order valence-electron chi connectivity index (χ1n) is 9.16. The Balaban J connectivity index is 0.00000225. The van der Waals surface area contributed by atoms with Crippen LogP contribution in [0.25, 0.3) is 10.8 Å². The molecule has 0 atom stereocenters. The highest BCUT2D eigenvalue weighted by molar-refractivity contribution is 6.31. The number of aromatic hydroxyl groups is 1. The highest BCUT2D eigenvalue weighted by Crippen LogP contribution is 2.25. The molecule has 146 valence electrons. The summed E-state index contributed by atoms with van der Waals surface area (Å²) in [7, 11) is 0. The lowest BCUT2D eigenvalue weighted by molar-refractivity contribution is 0.131. The summed E-state index contributed by atoms with van der Waals surface area (Å²) < 4.78 is 0. The van der Waals surface area contributed by atoms with Crippen LogP contribution in [0.1, 0.15) is 11.1 Å². The zero-order chi connectivity index (χ0) is 18.6. The first-order valence-corrected chi connectivity index (χ1v) is 9.54. The summed E-state index contributed by atoms with van der Waals surface area (Å²) in [4.78, 5) is 2.39. The molecule has 0 unspecified atom stereocenters. The molecule has 1 N–H and O–H groups in total. The van der Waals surface area contributed by atoms with Crippen molar-refractivity contribution >= 4 is 41.0 Å². The van der Waals surface area contributed by atoms with Crippen molar-refractivity contribution in [3.05, 3.63) is 76.8 Å². The van der Waals surface area contributed by atoms with Gasteiger partial charge in [0.15, 0.2) is 0 Å². The van der Waals surface area contributed by atoms with Crippen LogP contribution in [0.5, 0.6) is 5.75 Å². The lowest BCUT2D eigenvalue weighted by Crippen LogP contribution is -2.43. The van der Waals surface area contributed by atoms with Crippen molar-refractivity contribution < 1.29 is 5.11 Å². The van der Waals surface area contributed by atoms with Crippen molar-refractivity contribution in [3.8, 4) is 5.75 Å². The van der Waals surface area contributed by atoms with E-state index in [-0.39, 0.29) is 18.2 Å². The molecule has 0 saturated carbocycles. The third-order valence-electron chi connectivity index (χ3n) is 5.00. The van der Waals surface area contributed by atoms with E-state index in [9.17, 15) is 5.11 Å². The Kier molecular flexibility index (Phi) is 6.79. The molecule has 0 amide bonds. The molecular weight excluding hydrogens is 393 g/mol. The van der Waals surface area contributed by atoms with Crippen molar-refractivity contribution in [1.82, 2.24) is 9.91 Å². The van der Waals surface area contributed by atoms with Crippen LogP contribution in [0.3, 0.4) is 0 Å². The molecule has 1 saturated heterocycles. The summed E-state index contributed by atoms with van der Waals surface area (Å²) in [6.07, 6.45) is 1.78. The maximum absolute atomic E-state index is 10.2. The van der Waals surface area contributed by atoms with Crippen molar-refractivity contribution in [2.45, 2.75) is 6.54 Å². The molecule has 1 heterocycles. The van der Waals surface area contributed by atoms with Gasteiger partial charge in [-0.25, -0.2) is 0 Å². The van der Waals surface area contributed by atoms with E-state index in [1.807, 2.05) is 48.5 Å². The van der Waals surface area contributed by atoms with Crippen LogP contribution < -0.4 is 0 Å². The molecule has 0 radical (unpaired) electrons. The van der Waals surface area contributed by atoms with Crippen molar-refractivity contribution in [3.63, 3.8) is 0 Å². The highest BCUT2D eigenvalue weighted by Gasteiger charge is 2.16. The second kappa shape index (κ2) is 9.28. The SMILES string of the molecule is Cl.Oc1ccc2ccccc2c1C=NN1CCN(Cc2ccccc2Cl)CC1. The molecule has 3 aromatic rings. The fourth-order valence-electron chi connectivity index (χ4n) is 3.44. The predicted octanol–water partition coefficient (Wildman–Crippen LogP) is 4.77. The number of phenols is 1. The van der Waals surface area contributed by atoms with Crippen LogP contribution in [0.15, 0.2) is 65.8 Å². The van der Waals surface area contributed by atoms with Gasteiger partial charge in [-0.3, -0.25) is 9.91 Å². The van der Waals surface area contributed by atoms with E-state index in [1.54, 1.807) is 12.3 Å². The van der Waals surface area contributed by atoms with Gasteiger partial charge in [-0.2, -0.15) is 5.10 Å². The van der Waals surface area contributed by atoms with Gasteiger partial charge < -0.3 is 5.11 Å². The average molecular weight is 416 g/mol. The topological polar surface area (TPSA) is 39.1 Å². The highest BCUT2D eigenvalue weighted by atomic mass is 35.5. The van der Waals surface area contributed by atoms with Crippen LogP contribution in [-0.2, 0) is 6.54 Å². The number of rotatable bonds is 4. The third kappa shape index (κ3) is 4.58. The molecule has 28 heavy (non-hydrogen) atoms. The summed E-state index contributed by atoms with van der Waals surface area (Å²) >= 11 is 6.27. The summed E-state index contributed by atoms with van der Waals surface area (Å²) in [5.74, 6) is 0.259. The largest absolute Gasteiger partial charge is 0.507 e. The molecule has 0 spiro atoms. The Bertz CT molecular complexity index is 969. The fraction of sp³-hybridized carbons (Fsp3) is 0.227. The zero-order valence-corrected chi connectivity index (χ0v) is 17.0. The number of phenolic OH excluding ortho intramolecular Hbond substituents is 1. The molecule has 6 heteroatoms. The van der Waals surface area contributed by atoms with Crippen LogP contribution >= 0.6 is 24.0 Å². The molecule has 1 aliphatic rings. The van der Waals surface area contributed by atoms with E-state index in [2.05, 4.69) is 21.1 Å². The van der Waals surface area contributed by atoms with Gasteiger partial charge >= 0.3 is 0 Å². The Labute approximate surface area is 176 Å². The van der Waals surface area contributed by atoms with Crippen molar-refractivity contribution in [1.29, 1.82) is 0 Å². The van der Waals surface area contributed by atoms with Crippen LogP contribution in [0.4, 0.5) is 0 Å². The van der Waals surface area contributed by atoms with Gasteiger partial charge in [0.05, 0.1) is 6.21 Å². The second-order valence-corrected chi connectivity index (χ2v) is 7.19. The molecule has 4 rings (SSSR count). The van der Waals surface area contributed by atoms with Gasteiger partial charge in [-0.15, -0.1) is 12.4 Å². The first kappa shape index (κ1) is 20.5. The third-order valence-corrected chi connectivity index (χ3v) is 5.37. The van der Waals surface area contributed by atoms with Gasteiger partial charge in [-0.1, -0.05) is 60.1 Å². The normalized spacial score (nSPS) is 15.1. The van der Waals surface area contributed by atoms with E-state index in [4.69, 9.17) is 11.6 Å². The monoisotopic (exact) mass is 415 g/mol. The standard InChI is InChI=1S/C22H22ClN3O.ClH/c23-21-8-4-2-6-18(21)16-25-11-13-26(14-12-25)24-15-20-19-7-3-1-5-17(19)9-10-22(20)27;/h1-10,15,27H,11-14,16H2;1H. The Hall–Kier alpha value is -2.27. The average Bonchev–Trinajstić information content (AvgIpc) is 2.70. The number of hydrazone groups is 1. The molecule has 4 nitrogen and oxygen atoms in total. The van der Waals surface area contributed by atoms with Crippen molar-refractivity contribution in [2.24, 2.45) is 5.10 Å². The summed E-state index contributed by atoms with van der Waals surface area (Å²) in [5.41, 5.74) is 1.93. The van der Waals surface area contributed by atoms with Gasteiger partial charge in [0, 0.05) is 43.3 Å². The van der Waals surface area contributed by atoms with Gasteiger partial charge in [0.2, 0.25) is 0 Å². The van der Waals surface area contributed by atoms with E-state index >= 15 is 0 Å². The van der Waals surface area contributed by atoms with E-state index in [0.29, 0.717) is 0 Å². The van der Waals surface area contributed by atoms with Crippen LogP contribution in [-0.4, -0.2) is 47.4 Å². The minimum absolute atomic E-state index is 0. The number of benzene rings is 3. The number of hydrogen-bond donors (Lipinski definition) is 1. The van der Waals surface area contributed by atoms with Gasteiger partial charge in [-0.05, 0) is 28.5 Å². The molecule has 0 bridgehead atoms. The molecular formula is C22H23Cl2N3O. The quantitative estimate of drug-likeness (QED) is 0.623. The predicted molar refractivity (Wildman–Crippen MR) is 119 cm³/mol. The smallest absolute Gasteiger partial charge is 0.125 e. The first-order chi connectivity index (χ1) is 13.2. The second-order valence-electron chi connectivity index (χ2n) is 6.79. The fourth-order valence-corrected chi connectivity index (χ4v) is 3.63. The number of fused-ring (bicyclic) bond motifs is 1. The lowest BCUT2D eigenvalue weighted by Gasteiger charge is -2.33. The van der Waals surface area contributed by atoms with Gasteiger partial charge in [0.25, 0.3) is 0 Å². The molecule has 1 fully saturated rings. The Morgan fingerprint density at radius 3 is 2.43 bits per heavy atom. The zero-order valence-electron chi connectivity index (χ0n) is 15.5. The summed E-state index contributed by atoms with van der Waals surface area (Å²) in [5, 5.41) is 19.9. The molecule has 0 aliphatic carbocycles. The minimum atomic E-state index is 0.